The molecule has 1 atom stereocenters. The van der Waals surface area contributed by atoms with Gasteiger partial charge in [-0.25, -0.2) is 4.98 Å². The van der Waals surface area contributed by atoms with Crippen molar-refractivity contribution in [1.82, 2.24) is 4.98 Å². The van der Waals surface area contributed by atoms with Crippen LogP contribution in [0.1, 0.15) is 24.1 Å². The Morgan fingerprint density at radius 1 is 1.11 bits per heavy atom. The smallest absolute Gasteiger partial charge is 0.128 e. The Kier molecular flexibility index (Phi) is 3.95. The second-order valence-corrected chi connectivity index (χ2v) is 4.35. The first-order valence-electron chi connectivity index (χ1n) is 6.20. The Bertz CT molecular complexity index is 479. The molecule has 2 N–H and O–H groups in total. The highest BCUT2D eigenvalue weighted by Crippen LogP contribution is 2.20. The highest BCUT2D eigenvalue weighted by Gasteiger charge is 2.09. The molecule has 0 radical (unpaired) electrons. The largest absolute Gasteiger partial charge is 0.360 e. The predicted molar refractivity (Wildman–Crippen MR) is 75.7 cm³/mol. The first-order valence-corrected chi connectivity index (χ1v) is 6.20. The third-order valence-electron chi connectivity index (χ3n) is 3.15. The summed E-state index contributed by atoms with van der Waals surface area (Å²) in [7, 11) is 2.03. The first kappa shape index (κ1) is 12.6. The zero-order chi connectivity index (χ0) is 13.0. The van der Waals surface area contributed by atoms with E-state index in [1.165, 1.54) is 0 Å². The van der Waals surface area contributed by atoms with E-state index >= 15 is 0 Å². The molecule has 94 valence electrons. The summed E-state index contributed by atoms with van der Waals surface area (Å²) in [5.74, 6) is 0.974. The lowest BCUT2D eigenvalue weighted by molar-refractivity contribution is 0.856. The maximum Gasteiger partial charge on any atom is 0.128 e. The van der Waals surface area contributed by atoms with E-state index in [1.807, 2.05) is 55.7 Å². The second-order valence-electron chi connectivity index (χ2n) is 4.35. The van der Waals surface area contributed by atoms with Gasteiger partial charge in [0.25, 0.3) is 0 Å². The number of rotatable bonds is 4. The van der Waals surface area contributed by atoms with Gasteiger partial charge < -0.3 is 10.6 Å². The summed E-state index contributed by atoms with van der Waals surface area (Å²) < 4.78 is 0. The summed E-state index contributed by atoms with van der Waals surface area (Å²) in [6.45, 7) is 3.04. The summed E-state index contributed by atoms with van der Waals surface area (Å²) in [6.07, 6.45) is 1.86. The summed E-state index contributed by atoms with van der Waals surface area (Å²) in [5.41, 5.74) is 8.37. The van der Waals surface area contributed by atoms with Crippen LogP contribution in [0.25, 0.3) is 0 Å². The summed E-state index contributed by atoms with van der Waals surface area (Å²) in [5, 5.41) is 0. The van der Waals surface area contributed by atoms with Crippen LogP contribution in [0.5, 0.6) is 0 Å². The van der Waals surface area contributed by atoms with E-state index in [0.717, 1.165) is 23.5 Å². The minimum atomic E-state index is -0.111. The van der Waals surface area contributed by atoms with Crippen molar-refractivity contribution in [3.8, 4) is 0 Å². The lowest BCUT2D eigenvalue weighted by Crippen LogP contribution is -2.18. The molecule has 2 aromatic rings. The number of hydrogen-bond donors (Lipinski definition) is 1. The molecule has 0 aliphatic rings. The number of anilines is 1. The number of benzene rings is 1. The van der Waals surface area contributed by atoms with Crippen molar-refractivity contribution in [2.45, 2.75) is 13.0 Å². The average Bonchev–Trinajstić information content (AvgIpc) is 2.47. The van der Waals surface area contributed by atoms with Crippen LogP contribution >= 0.6 is 0 Å². The zero-order valence-corrected chi connectivity index (χ0v) is 10.9. The number of hydrogen-bond acceptors (Lipinski definition) is 3. The minimum absolute atomic E-state index is 0.111. The number of aromatic nitrogens is 1. The Morgan fingerprint density at radius 3 is 2.39 bits per heavy atom. The molecular weight excluding hydrogens is 222 g/mol. The molecule has 1 aromatic carbocycles. The SMILES string of the molecule is CCN(C)c1ccc(C(N)c2ccccc2)cn1. The van der Waals surface area contributed by atoms with Crippen molar-refractivity contribution in [3.63, 3.8) is 0 Å². The Hall–Kier alpha value is -1.87. The maximum absolute atomic E-state index is 6.22. The van der Waals surface area contributed by atoms with Crippen LogP contribution in [0, 0.1) is 0 Å². The fourth-order valence-corrected chi connectivity index (χ4v) is 1.82. The lowest BCUT2D eigenvalue weighted by Gasteiger charge is -2.17. The second kappa shape index (κ2) is 5.65. The van der Waals surface area contributed by atoms with Crippen molar-refractivity contribution in [1.29, 1.82) is 0 Å². The van der Waals surface area contributed by atoms with E-state index < -0.39 is 0 Å². The molecule has 0 aliphatic heterocycles. The fourth-order valence-electron chi connectivity index (χ4n) is 1.82. The molecule has 0 spiro atoms. The van der Waals surface area contributed by atoms with Crippen LogP contribution in [0.4, 0.5) is 5.82 Å². The quantitative estimate of drug-likeness (QED) is 0.894. The maximum atomic E-state index is 6.22. The van der Waals surface area contributed by atoms with Crippen LogP contribution < -0.4 is 10.6 Å². The van der Waals surface area contributed by atoms with Crippen LogP contribution in [-0.4, -0.2) is 18.6 Å². The van der Waals surface area contributed by atoms with Crippen LogP contribution in [0.3, 0.4) is 0 Å². The van der Waals surface area contributed by atoms with Gasteiger partial charge in [0.15, 0.2) is 0 Å². The molecule has 0 fully saturated rings. The van der Waals surface area contributed by atoms with Crippen molar-refractivity contribution in [3.05, 3.63) is 59.8 Å². The van der Waals surface area contributed by atoms with Gasteiger partial charge in [-0.2, -0.15) is 0 Å². The summed E-state index contributed by atoms with van der Waals surface area (Å²) >= 11 is 0. The van der Waals surface area contributed by atoms with E-state index in [1.54, 1.807) is 0 Å². The normalized spacial score (nSPS) is 12.2. The van der Waals surface area contributed by atoms with Crippen LogP contribution in [-0.2, 0) is 0 Å². The summed E-state index contributed by atoms with van der Waals surface area (Å²) in [6, 6.07) is 14.0. The molecule has 18 heavy (non-hydrogen) atoms. The standard InChI is InChI=1S/C15H19N3/c1-3-18(2)14-10-9-13(11-17-14)15(16)12-7-5-4-6-8-12/h4-11,15H,3,16H2,1-2H3. The molecule has 0 saturated heterocycles. The molecule has 2 rings (SSSR count). The highest BCUT2D eigenvalue weighted by molar-refractivity contribution is 5.40. The lowest BCUT2D eigenvalue weighted by atomic mass is 10.0. The fraction of sp³-hybridized carbons (Fsp3) is 0.267. The molecule has 3 nitrogen and oxygen atoms in total. The number of nitrogens with two attached hydrogens (primary N) is 1. The molecule has 0 aliphatic carbocycles. The molecule has 1 aromatic heterocycles. The monoisotopic (exact) mass is 241 g/mol. The van der Waals surface area contributed by atoms with Crippen LogP contribution in [0.2, 0.25) is 0 Å². The number of pyridine rings is 1. The first-order chi connectivity index (χ1) is 8.72. The van der Waals surface area contributed by atoms with Crippen LogP contribution in [0.15, 0.2) is 48.7 Å². The highest BCUT2D eigenvalue weighted by atomic mass is 15.1. The Morgan fingerprint density at radius 2 is 1.83 bits per heavy atom. The van der Waals surface area contributed by atoms with E-state index in [0.29, 0.717) is 0 Å². The van der Waals surface area contributed by atoms with Gasteiger partial charge in [0, 0.05) is 19.8 Å². The van der Waals surface area contributed by atoms with Gasteiger partial charge in [0.05, 0.1) is 6.04 Å². The molecule has 0 bridgehead atoms. The molecule has 1 heterocycles. The van der Waals surface area contributed by atoms with Gasteiger partial charge in [-0.15, -0.1) is 0 Å². The van der Waals surface area contributed by atoms with E-state index in [-0.39, 0.29) is 6.04 Å². The zero-order valence-electron chi connectivity index (χ0n) is 10.9. The molecular formula is C15H19N3. The van der Waals surface area contributed by atoms with Crippen molar-refractivity contribution >= 4 is 5.82 Å². The van der Waals surface area contributed by atoms with Crippen molar-refractivity contribution in [2.24, 2.45) is 5.73 Å². The Balaban J connectivity index is 2.19. The predicted octanol–water partition coefficient (Wildman–Crippen LogP) is 2.59. The van der Waals surface area contributed by atoms with Crippen molar-refractivity contribution < 1.29 is 0 Å². The third kappa shape index (κ3) is 2.68. The average molecular weight is 241 g/mol. The van der Waals surface area contributed by atoms with Gasteiger partial charge in [-0.05, 0) is 24.1 Å². The van der Waals surface area contributed by atoms with Gasteiger partial charge >= 0.3 is 0 Å². The Labute approximate surface area is 108 Å². The molecule has 0 saturated carbocycles. The molecule has 0 amide bonds. The molecule has 3 heteroatoms. The number of nitrogens with zero attached hydrogens (tertiary/aromatic N) is 2. The minimum Gasteiger partial charge on any atom is -0.360 e. The van der Waals surface area contributed by atoms with Gasteiger partial charge in [0.2, 0.25) is 0 Å². The molecule has 1 unspecified atom stereocenters. The van der Waals surface area contributed by atoms with E-state index in [2.05, 4.69) is 16.8 Å². The summed E-state index contributed by atoms with van der Waals surface area (Å²) in [4.78, 5) is 6.54. The third-order valence-corrected chi connectivity index (χ3v) is 3.15. The topological polar surface area (TPSA) is 42.1 Å². The van der Waals surface area contributed by atoms with Crippen molar-refractivity contribution in [2.75, 3.05) is 18.5 Å². The van der Waals surface area contributed by atoms with Gasteiger partial charge in [-0.1, -0.05) is 36.4 Å². The van der Waals surface area contributed by atoms with E-state index in [4.69, 9.17) is 5.73 Å². The van der Waals surface area contributed by atoms with Gasteiger partial charge in [0.1, 0.15) is 5.82 Å². The van der Waals surface area contributed by atoms with E-state index in [9.17, 15) is 0 Å². The van der Waals surface area contributed by atoms with Gasteiger partial charge in [-0.3, -0.25) is 0 Å².